The molecule has 1 aromatic rings. The van der Waals surface area contributed by atoms with Gasteiger partial charge in [-0.1, -0.05) is 12.1 Å². The molecule has 0 bridgehead atoms. The van der Waals surface area contributed by atoms with E-state index in [4.69, 9.17) is 9.47 Å². The highest BCUT2D eigenvalue weighted by molar-refractivity contribution is 5.91. The second-order valence-electron chi connectivity index (χ2n) is 7.58. The summed E-state index contributed by atoms with van der Waals surface area (Å²) < 4.78 is 9.82. The monoisotopic (exact) mass is 296 g/mol. The first kappa shape index (κ1) is 11.7. The van der Waals surface area contributed by atoms with Gasteiger partial charge < -0.3 is 9.47 Å². The number of esters is 2. The summed E-state index contributed by atoms with van der Waals surface area (Å²) in [6.07, 6.45) is 0. The van der Waals surface area contributed by atoms with Crippen molar-refractivity contribution in [1.82, 2.24) is 0 Å². The lowest BCUT2D eigenvalue weighted by atomic mass is 8.92. The van der Waals surface area contributed by atoms with E-state index in [2.05, 4.69) is 12.1 Å². The van der Waals surface area contributed by atoms with Gasteiger partial charge in [0.15, 0.2) is 0 Å². The van der Waals surface area contributed by atoms with Gasteiger partial charge in [-0.2, -0.15) is 0 Å². The molecule has 0 aliphatic heterocycles. The molecular weight excluding hydrogens is 280 g/mol. The van der Waals surface area contributed by atoms with Crippen LogP contribution in [0.3, 0.4) is 0 Å². The molecule has 112 valence electrons. The maximum atomic E-state index is 12.1. The number of rotatable bonds is 3. The Labute approximate surface area is 127 Å². The van der Waals surface area contributed by atoms with Crippen LogP contribution in [0, 0.1) is 40.9 Å². The van der Waals surface area contributed by atoms with Crippen LogP contribution in [0.2, 0.25) is 0 Å². The Kier molecular flexibility index (Phi) is 1.58. The normalized spacial score (nSPS) is 52.8. The van der Waals surface area contributed by atoms with E-state index in [1.54, 1.807) is 0 Å². The zero-order valence-corrected chi connectivity index (χ0v) is 12.4. The second kappa shape index (κ2) is 2.97. The van der Waals surface area contributed by atoms with Gasteiger partial charge in [0.1, 0.15) is 0 Å². The third-order valence-electron chi connectivity index (χ3n) is 7.98. The van der Waals surface area contributed by atoms with E-state index < -0.39 is 0 Å². The van der Waals surface area contributed by atoms with E-state index in [9.17, 15) is 9.59 Å². The highest BCUT2D eigenvalue weighted by Gasteiger charge is 3.11. The molecule has 0 radical (unpaired) electrons. The highest BCUT2D eigenvalue weighted by atomic mass is 16.5. The molecule has 4 nitrogen and oxygen atoms in total. The van der Waals surface area contributed by atoms with Crippen LogP contribution in [0.5, 0.6) is 0 Å². The standard InChI is InChI=1S/C18H16O4/c1-21-15(19)7-3-5-8(6-4-7)17-9-12-10(17)14-11(17)13(9)18(12,14)16(20)22-2/h3-6,9-14H,1-2H3. The van der Waals surface area contributed by atoms with Crippen LogP contribution < -0.4 is 0 Å². The molecule has 7 rings (SSSR count). The summed E-state index contributed by atoms with van der Waals surface area (Å²) in [5, 5.41) is 0. The molecule has 6 saturated carbocycles. The fourth-order valence-corrected chi connectivity index (χ4v) is 7.70. The second-order valence-corrected chi connectivity index (χ2v) is 7.58. The molecule has 1 aromatic carbocycles. The van der Waals surface area contributed by atoms with Crippen molar-refractivity contribution in [2.45, 2.75) is 5.41 Å². The average molecular weight is 296 g/mol. The lowest BCUT2D eigenvalue weighted by Gasteiger charge is -3.10. The summed E-state index contributed by atoms with van der Waals surface area (Å²) in [6.45, 7) is 0. The molecule has 0 spiro atoms. The zero-order valence-electron chi connectivity index (χ0n) is 12.4. The summed E-state index contributed by atoms with van der Waals surface area (Å²) >= 11 is 0. The zero-order chi connectivity index (χ0) is 15.0. The smallest absolute Gasteiger partial charge is 0.337 e. The molecule has 0 aromatic heterocycles. The van der Waals surface area contributed by atoms with Crippen molar-refractivity contribution < 1.29 is 19.1 Å². The van der Waals surface area contributed by atoms with E-state index in [0.717, 1.165) is 0 Å². The summed E-state index contributed by atoms with van der Waals surface area (Å²) in [6, 6.07) is 7.94. The van der Waals surface area contributed by atoms with Crippen molar-refractivity contribution in [3.8, 4) is 0 Å². The van der Waals surface area contributed by atoms with Crippen molar-refractivity contribution in [3.05, 3.63) is 35.4 Å². The Morgan fingerprint density at radius 2 is 1.41 bits per heavy atom. The molecule has 22 heavy (non-hydrogen) atoms. The average Bonchev–Trinajstić information content (AvgIpc) is 2.60. The SMILES string of the molecule is COC(=O)c1ccc(C23C4C5C2C2C3C4C52C(=O)OC)cc1. The first-order chi connectivity index (χ1) is 10.7. The number of carbonyl (C=O) groups is 2. The molecule has 0 N–H and O–H groups in total. The van der Waals surface area contributed by atoms with E-state index >= 15 is 0 Å². The topological polar surface area (TPSA) is 52.6 Å². The van der Waals surface area contributed by atoms with E-state index in [1.807, 2.05) is 12.1 Å². The van der Waals surface area contributed by atoms with Gasteiger partial charge >= 0.3 is 11.9 Å². The van der Waals surface area contributed by atoms with Gasteiger partial charge in [-0.3, -0.25) is 4.79 Å². The maximum absolute atomic E-state index is 12.1. The van der Waals surface area contributed by atoms with Gasteiger partial charge in [-0.15, -0.1) is 0 Å². The minimum absolute atomic E-state index is 0.0468. The van der Waals surface area contributed by atoms with Gasteiger partial charge in [0.2, 0.25) is 0 Å². The summed E-state index contributed by atoms with van der Waals surface area (Å²) in [5.74, 6) is 3.58. The summed E-state index contributed by atoms with van der Waals surface area (Å²) in [7, 11) is 2.92. The number of carbonyl (C=O) groups excluding carboxylic acids is 2. The van der Waals surface area contributed by atoms with Crippen LogP contribution in [0.4, 0.5) is 0 Å². The van der Waals surface area contributed by atoms with Gasteiger partial charge in [0.25, 0.3) is 0 Å². The molecule has 6 aliphatic carbocycles. The predicted molar refractivity (Wildman–Crippen MR) is 74.8 cm³/mol. The number of methoxy groups -OCH3 is 2. The molecular formula is C18H16O4. The van der Waals surface area contributed by atoms with Crippen molar-refractivity contribution >= 4 is 11.9 Å². The van der Waals surface area contributed by atoms with Crippen LogP contribution in [0.25, 0.3) is 0 Å². The first-order valence-electron chi connectivity index (χ1n) is 7.94. The lowest BCUT2D eigenvalue weighted by Crippen LogP contribution is -3.12. The fourth-order valence-electron chi connectivity index (χ4n) is 7.70. The molecule has 6 fully saturated rings. The fraction of sp³-hybridized carbons (Fsp3) is 0.556. The number of ether oxygens (including phenoxy) is 2. The minimum Gasteiger partial charge on any atom is -0.469 e. The highest BCUT2D eigenvalue weighted by Crippen LogP contribution is 3.09. The van der Waals surface area contributed by atoms with Crippen LogP contribution in [0.15, 0.2) is 24.3 Å². The molecule has 0 saturated heterocycles. The molecule has 0 amide bonds. The van der Waals surface area contributed by atoms with Crippen LogP contribution >= 0.6 is 0 Å². The minimum atomic E-state index is -0.287. The Balaban J connectivity index is 1.33. The summed E-state index contributed by atoms with van der Waals surface area (Å²) in [5.41, 5.74) is 2.24. The van der Waals surface area contributed by atoms with Crippen LogP contribution in [-0.2, 0) is 19.7 Å². The molecule has 6 aliphatic rings. The molecule has 4 heteroatoms. The van der Waals surface area contributed by atoms with E-state index in [0.29, 0.717) is 46.5 Å². The van der Waals surface area contributed by atoms with Crippen molar-refractivity contribution in [3.63, 3.8) is 0 Å². The van der Waals surface area contributed by atoms with Crippen molar-refractivity contribution in [2.75, 3.05) is 14.2 Å². The Bertz CT molecular complexity index is 708. The number of hydrogen-bond donors (Lipinski definition) is 0. The van der Waals surface area contributed by atoms with Gasteiger partial charge in [0, 0.05) is 5.41 Å². The Hall–Kier alpha value is -1.84. The van der Waals surface area contributed by atoms with E-state index in [-0.39, 0.29) is 17.4 Å². The number of benzene rings is 1. The lowest BCUT2D eigenvalue weighted by molar-refractivity contribution is -0.613. The van der Waals surface area contributed by atoms with Crippen molar-refractivity contribution in [1.29, 1.82) is 0 Å². The predicted octanol–water partition coefficient (Wildman–Crippen LogP) is 1.64. The van der Waals surface area contributed by atoms with Gasteiger partial charge in [-0.05, 0) is 53.2 Å². The third-order valence-corrected chi connectivity index (χ3v) is 7.98. The Morgan fingerprint density at radius 1 is 0.864 bits per heavy atom. The van der Waals surface area contributed by atoms with E-state index in [1.165, 1.54) is 19.8 Å². The third kappa shape index (κ3) is 0.688. The van der Waals surface area contributed by atoms with Crippen LogP contribution in [-0.4, -0.2) is 26.2 Å². The first-order valence-corrected chi connectivity index (χ1v) is 7.94. The van der Waals surface area contributed by atoms with Crippen LogP contribution in [0.1, 0.15) is 15.9 Å². The molecule has 0 unspecified atom stereocenters. The van der Waals surface area contributed by atoms with Gasteiger partial charge in [-0.25, -0.2) is 4.79 Å². The maximum Gasteiger partial charge on any atom is 0.337 e. The Morgan fingerprint density at radius 3 is 1.86 bits per heavy atom. The van der Waals surface area contributed by atoms with Crippen molar-refractivity contribution in [2.24, 2.45) is 40.9 Å². The molecule has 0 heterocycles. The largest absolute Gasteiger partial charge is 0.469 e. The quantitative estimate of drug-likeness (QED) is 0.796. The number of hydrogen-bond acceptors (Lipinski definition) is 4. The molecule has 0 atom stereocenters. The summed E-state index contributed by atoms with van der Waals surface area (Å²) in [4.78, 5) is 23.7. The van der Waals surface area contributed by atoms with Gasteiger partial charge in [0.05, 0.1) is 25.2 Å².